The van der Waals surface area contributed by atoms with Crippen LogP contribution in [0, 0.1) is 0 Å². The number of ether oxygens (including phenoxy) is 1. The highest BCUT2D eigenvalue weighted by Gasteiger charge is 2.31. The summed E-state index contributed by atoms with van der Waals surface area (Å²) in [5.41, 5.74) is 0.910. The molecule has 0 aliphatic carbocycles. The summed E-state index contributed by atoms with van der Waals surface area (Å²) >= 11 is 0.998. The summed E-state index contributed by atoms with van der Waals surface area (Å²) in [4.78, 5) is 33.1. The van der Waals surface area contributed by atoms with Crippen molar-refractivity contribution in [1.82, 2.24) is 5.32 Å². The molecule has 1 saturated heterocycles. The maximum Gasteiger partial charge on any atom is 0.308 e. The lowest BCUT2D eigenvalue weighted by atomic mass is 10.1. The van der Waals surface area contributed by atoms with Crippen molar-refractivity contribution < 1.29 is 19.1 Å². The monoisotopic (exact) mass is 265 g/mol. The van der Waals surface area contributed by atoms with Gasteiger partial charge >= 0.3 is 5.97 Å². The third-order valence-electron chi connectivity index (χ3n) is 2.37. The molecule has 1 aromatic carbocycles. The third-order valence-corrected chi connectivity index (χ3v) is 3.35. The summed E-state index contributed by atoms with van der Waals surface area (Å²) in [7, 11) is 0. The minimum Gasteiger partial charge on any atom is -0.427 e. The maximum absolute atomic E-state index is 11.4. The second-order valence-corrected chi connectivity index (χ2v) is 5.00. The Morgan fingerprint density at radius 3 is 2.50 bits per heavy atom. The Bertz CT molecular complexity index is 497. The molecule has 0 radical (unpaired) electrons. The van der Waals surface area contributed by atoms with Gasteiger partial charge in [-0.15, -0.1) is 0 Å². The van der Waals surface area contributed by atoms with Crippen molar-refractivity contribution in [2.45, 2.75) is 18.6 Å². The molecule has 1 aromatic rings. The van der Waals surface area contributed by atoms with Crippen LogP contribution in [0.3, 0.4) is 0 Å². The average molecular weight is 265 g/mol. The first-order valence-corrected chi connectivity index (χ1v) is 6.21. The molecule has 6 heteroatoms. The van der Waals surface area contributed by atoms with E-state index in [-0.39, 0.29) is 22.4 Å². The van der Waals surface area contributed by atoms with Crippen LogP contribution in [0.5, 0.6) is 5.75 Å². The highest BCUT2D eigenvalue weighted by Crippen LogP contribution is 2.23. The summed E-state index contributed by atoms with van der Waals surface area (Å²) in [6, 6.07) is 6.87. The van der Waals surface area contributed by atoms with Gasteiger partial charge in [-0.05, 0) is 24.1 Å². The summed E-state index contributed by atoms with van der Waals surface area (Å²) in [6.45, 7) is 1.33. The van der Waals surface area contributed by atoms with Gasteiger partial charge in [0.1, 0.15) is 5.75 Å². The van der Waals surface area contributed by atoms with Crippen LogP contribution in [0.25, 0.3) is 0 Å². The Kier molecular flexibility index (Phi) is 3.66. The van der Waals surface area contributed by atoms with Crippen LogP contribution in [-0.4, -0.2) is 22.4 Å². The van der Waals surface area contributed by atoms with Crippen molar-refractivity contribution in [1.29, 1.82) is 0 Å². The third kappa shape index (κ3) is 3.10. The zero-order valence-corrected chi connectivity index (χ0v) is 10.5. The van der Waals surface area contributed by atoms with Gasteiger partial charge in [0, 0.05) is 6.92 Å². The number of esters is 1. The minimum absolute atomic E-state index is 0.255. The highest BCUT2D eigenvalue weighted by molar-refractivity contribution is 8.15. The molecular weight excluding hydrogens is 254 g/mol. The van der Waals surface area contributed by atoms with Crippen LogP contribution in [0.1, 0.15) is 12.5 Å². The Morgan fingerprint density at radius 1 is 1.33 bits per heavy atom. The molecule has 1 heterocycles. The number of amides is 2. The topological polar surface area (TPSA) is 72.5 Å². The fourth-order valence-corrected chi connectivity index (χ4v) is 2.46. The van der Waals surface area contributed by atoms with Gasteiger partial charge in [0.05, 0.1) is 5.25 Å². The fraction of sp³-hybridized carbons (Fsp3) is 0.250. The van der Waals surface area contributed by atoms with E-state index in [1.165, 1.54) is 6.92 Å². The van der Waals surface area contributed by atoms with Gasteiger partial charge in [-0.25, -0.2) is 0 Å². The minimum atomic E-state index is -0.378. The molecule has 0 bridgehead atoms. The summed E-state index contributed by atoms with van der Waals surface area (Å²) < 4.78 is 4.90. The van der Waals surface area contributed by atoms with Gasteiger partial charge in [0.2, 0.25) is 5.91 Å². The second kappa shape index (κ2) is 5.22. The lowest BCUT2D eigenvalue weighted by molar-refractivity contribution is -0.131. The first kappa shape index (κ1) is 12.6. The van der Waals surface area contributed by atoms with Gasteiger partial charge < -0.3 is 4.74 Å². The quantitative estimate of drug-likeness (QED) is 0.662. The Labute approximate surface area is 108 Å². The van der Waals surface area contributed by atoms with Crippen LogP contribution >= 0.6 is 11.8 Å². The maximum atomic E-state index is 11.4. The number of benzene rings is 1. The molecule has 2 amide bonds. The van der Waals surface area contributed by atoms with Crippen molar-refractivity contribution in [3.8, 4) is 5.75 Å². The van der Waals surface area contributed by atoms with Gasteiger partial charge in [0.15, 0.2) is 0 Å². The lowest BCUT2D eigenvalue weighted by Crippen LogP contribution is -2.25. The van der Waals surface area contributed by atoms with Crippen molar-refractivity contribution in [2.75, 3.05) is 0 Å². The van der Waals surface area contributed by atoms with E-state index in [0.717, 1.165) is 17.3 Å². The van der Waals surface area contributed by atoms with E-state index in [4.69, 9.17) is 4.74 Å². The molecule has 1 fully saturated rings. The first-order valence-electron chi connectivity index (χ1n) is 5.33. The van der Waals surface area contributed by atoms with Crippen molar-refractivity contribution in [3.05, 3.63) is 29.8 Å². The predicted octanol–water partition coefficient (Wildman–Crippen LogP) is 1.51. The Morgan fingerprint density at radius 2 is 2.00 bits per heavy atom. The van der Waals surface area contributed by atoms with E-state index < -0.39 is 0 Å². The summed E-state index contributed by atoms with van der Waals surface area (Å²) in [6.07, 6.45) is 0.475. The number of imide groups is 1. The van der Waals surface area contributed by atoms with E-state index in [1.54, 1.807) is 24.3 Å². The number of thioether (sulfide) groups is 1. The van der Waals surface area contributed by atoms with Crippen LogP contribution in [0.15, 0.2) is 24.3 Å². The first-order chi connectivity index (χ1) is 8.54. The number of rotatable bonds is 3. The lowest BCUT2D eigenvalue weighted by Gasteiger charge is -2.06. The van der Waals surface area contributed by atoms with Crippen molar-refractivity contribution >= 4 is 28.9 Å². The number of carbonyl (C=O) groups is 3. The molecule has 0 spiro atoms. The second-order valence-electron chi connectivity index (χ2n) is 3.82. The number of hydrogen-bond acceptors (Lipinski definition) is 5. The van der Waals surface area contributed by atoms with E-state index >= 15 is 0 Å². The summed E-state index contributed by atoms with van der Waals surface area (Å²) in [5, 5.41) is 1.56. The van der Waals surface area contributed by atoms with Gasteiger partial charge in [-0.3, -0.25) is 19.7 Å². The largest absolute Gasteiger partial charge is 0.427 e. The van der Waals surface area contributed by atoms with E-state index in [0.29, 0.717) is 12.2 Å². The van der Waals surface area contributed by atoms with E-state index in [9.17, 15) is 14.4 Å². The standard InChI is InChI=1S/C12H11NO4S/c1-7(14)17-9-4-2-8(3-5-9)6-10-11(15)13-12(16)18-10/h2-5,10H,6H2,1H3,(H,13,15,16)/t10-/m1/s1. The molecule has 18 heavy (non-hydrogen) atoms. The molecular formula is C12H11NO4S. The molecule has 1 atom stereocenters. The van der Waals surface area contributed by atoms with Crippen LogP contribution in [-0.2, 0) is 16.0 Å². The molecule has 94 valence electrons. The van der Waals surface area contributed by atoms with Crippen LogP contribution < -0.4 is 10.1 Å². The molecule has 1 N–H and O–H groups in total. The zero-order chi connectivity index (χ0) is 13.1. The molecule has 2 rings (SSSR count). The molecule has 0 aromatic heterocycles. The van der Waals surface area contributed by atoms with Gasteiger partial charge in [0.25, 0.3) is 5.24 Å². The average Bonchev–Trinajstić information content (AvgIpc) is 2.59. The van der Waals surface area contributed by atoms with E-state index in [1.807, 2.05) is 0 Å². The van der Waals surface area contributed by atoms with Crippen molar-refractivity contribution in [2.24, 2.45) is 0 Å². The van der Waals surface area contributed by atoms with Crippen LogP contribution in [0.4, 0.5) is 4.79 Å². The highest BCUT2D eigenvalue weighted by atomic mass is 32.2. The van der Waals surface area contributed by atoms with E-state index in [2.05, 4.69) is 5.32 Å². The molecule has 1 aliphatic rings. The number of hydrogen-bond donors (Lipinski definition) is 1. The zero-order valence-electron chi connectivity index (χ0n) is 9.64. The predicted molar refractivity (Wildman–Crippen MR) is 66.4 cm³/mol. The smallest absolute Gasteiger partial charge is 0.308 e. The fourth-order valence-electron chi connectivity index (χ4n) is 1.60. The SMILES string of the molecule is CC(=O)Oc1ccc(C[C@H]2SC(=O)NC2=O)cc1. The molecule has 0 saturated carbocycles. The normalized spacial score (nSPS) is 18.6. The summed E-state index contributed by atoms with van der Waals surface area (Å²) in [5.74, 6) is -0.168. The molecule has 5 nitrogen and oxygen atoms in total. The number of carbonyl (C=O) groups excluding carboxylic acids is 3. The molecule has 0 unspecified atom stereocenters. The Balaban J connectivity index is 2.00. The number of nitrogens with one attached hydrogen (secondary N) is 1. The molecule has 1 aliphatic heterocycles. The van der Waals surface area contributed by atoms with Crippen LogP contribution in [0.2, 0.25) is 0 Å². The van der Waals surface area contributed by atoms with Crippen molar-refractivity contribution in [3.63, 3.8) is 0 Å². The Hall–Kier alpha value is -1.82. The van der Waals surface area contributed by atoms with Gasteiger partial charge in [-0.2, -0.15) is 0 Å². The van der Waals surface area contributed by atoms with Gasteiger partial charge in [-0.1, -0.05) is 23.9 Å².